The fraction of sp³-hybridized carbons (Fsp3) is 0.400. The number of carbonyl (C=O) groups is 1. The van der Waals surface area contributed by atoms with Crippen LogP contribution in [0.3, 0.4) is 0 Å². The Bertz CT molecular complexity index is 81.0. The summed E-state index contributed by atoms with van der Waals surface area (Å²) >= 11 is 0. The Morgan fingerprint density at radius 3 is 1.78 bits per heavy atom. The molecule has 0 radical (unpaired) electrons. The van der Waals surface area contributed by atoms with Gasteiger partial charge in [-0.2, -0.15) is 0 Å². The van der Waals surface area contributed by atoms with E-state index in [0.29, 0.717) is 0 Å². The molecule has 0 saturated carbocycles. The fourth-order valence-electron chi connectivity index (χ4n) is 0. The number of hydrogen-bond donors (Lipinski definition) is 3. The van der Waals surface area contributed by atoms with Crippen LogP contribution >= 0.6 is 0 Å². The lowest BCUT2D eigenvalue weighted by atomic mass is 10.7. The molecule has 0 heterocycles. The highest BCUT2D eigenvalue weighted by atomic mass is 16.4. The van der Waals surface area contributed by atoms with Crippen molar-refractivity contribution >= 4 is 5.97 Å². The summed E-state index contributed by atoms with van der Waals surface area (Å²) in [5, 5.41) is 7.60. The molecule has 0 aliphatic rings. The molecule has 0 aliphatic heterocycles. The maximum atomic E-state index is 9.25. The zero-order valence-electron chi connectivity index (χ0n) is 5.64. The van der Waals surface area contributed by atoms with Crippen molar-refractivity contribution < 1.29 is 9.90 Å². The number of hydrogen-bond acceptors (Lipinski definition) is 3. The van der Waals surface area contributed by atoms with Crippen molar-refractivity contribution in [2.75, 3.05) is 14.1 Å². The van der Waals surface area contributed by atoms with Crippen molar-refractivity contribution in [3.63, 3.8) is 0 Å². The highest BCUT2D eigenvalue weighted by molar-refractivity contribution is 5.78. The van der Waals surface area contributed by atoms with Gasteiger partial charge in [0.1, 0.15) is 0 Å². The Balaban J connectivity index is 0. The fourth-order valence-corrected chi connectivity index (χ4v) is 0. The van der Waals surface area contributed by atoms with Crippen LogP contribution in [-0.4, -0.2) is 25.2 Å². The topological polar surface area (TPSA) is 61.4 Å². The summed E-state index contributed by atoms with van der Waals surface area (Å²) in [5.41, 5.74) is 5.36. The second-order valence-electron chi connectivity index (χ2n) is 1.04. The Hall–Kier alpha value is -0.870. The molecule has 0 saturated heterocycles. The molecule has 0 atom stereocenters. The van der Waals surface area contributed by atoms with Gasteiger partial charge in [-0.3, -0.25) is 10.9 Å². The number of hydrazine groups is 1. The van der Waals surface area contributed by atoms with Gasteiger partial charge < -0.3 is 5.11 Å². The van der Waals surface area contributed by atoms with Crippen LogP contribution in [-0.2, 0) is 4.79 Å². The van der Waals surface area contributed by atoms with E-state index in [1.54, 1.807) is 0 Å². The summed E-state index contributed by atoms with van der Waals surface area (Å²) in [6.45, 7) is 2.96. The lowest BCUT2D eigenvalue weighted by molar-refractivity contribution is -0.131. The van der Waals surface area contributed by atoms with Crippen LogP contribution in [0.2, 0.25) is 0 Å². The Labute approximate surface area is 54.5 Å². The van der Waals surface area contributed by atoms with Gasteiger partial charge in [0.25, 0.3) is 0 Å². The van der Waals surface area contributed by atoms with E-state index in [0.717, 1.165) is 6.08 Å². The molecule has 4 heteroatoms. The second-order valence-corrected chi connectivity index (χ2v) is 1.04. The Morgan fingerprint density at radius 1 is 1.56 bits per heavy atom. The van der Waals surface area contributed by atoms with Crippen molar-refractivity contribution in [1.29, 1.82) is 0 Å². The molecule has 0 fully saturated rings. The summed E-state index contributed by atoms with van der Waals surface area (Å²) in [4.78, 5) is 9.25. The highest BCUT2D eigenvalue weighted by Gasteiger charge is 1.73. The molecular weight excluding hydrogens is 120 g/mol. The third-order valence-corrected chi connectivity index (χ3v) is 0.425. The van der Waals surface area contributed by atoms with E-state index in [1.807, 2.05) is 14.1 Å². The quantitative estimate of drug-likeness (QED) is 0.353. The average molecular weight is 132 g/mol. The predicted octanol–water partition coefficient (Wildman–Crippen LogP) is -0.403. The monoisotopic (exact) mass is 132 g/mol. The first kappa shape index (κ1) is 11.0. The van der Waals surface area contributed by atoms with E-state index in [4.69, 9.17) is 5.11 Å². The third-order valence-electron chi connectivity index (χ3n) is 0.425. The van der Waals surface area contributed by atoms with Gasteiger partial charge in [0.15, 0.2) is 0 Å². The third kappa shape index (κ3) is 41.4. The Morgan fingerprint density at radius 2 is 1.78 bits per heavy atom. The SMILES string of the molecule is C=CC(=O)O.CNNC. The molecule has 0 amide bonds. The lowest BCUT2D eigenvalue weighted by Crippen LogP contribution is -2.21. The molecule has 0 unspecified atom stereocenters. The van der Waals surface area contributed by atoms with Crippen molar-refractivity contribution in [1.82, 2.24) is 10.9 Å². The van der Waals surface area contributed by atoms with Crippen LogP contribution in [0.4, 0.5) is 0 Å². The van der Waals surface area contributed by atoms with E-state index in [1.165, 1.54) is 0 Å². The first-order valence-corrected chi connectivity index (χ1v) is 2.37. The van der Waals surface area contributed by atoms with Gasteiger partial charge in [0, 0.05) is 6.08 Å². The van der Waals surface area contributed by atoms with E-state index >= 15 is 0 Å². The maximum absolute atomic E-state index is 9.25. The molecule has 0 aliphatic carbocycles. The van der Waals surface area contributed by atoms with Crippen LogP contribution in [0.15, 0.2) is 12.7 Å². The molecule has 9 heavy (non-hydrogen) atoms. The average Bonchev–Trinajstić information content (AvgIpc) is 1.89. The minimum atomic E-state index is -0.981. The van der Waals surface area contributed by atoms with E-state index < -0.39 is 5.97 Å². The number of carboxylic acid groups (broad SMARTS) is 1. The number of carboxylic acids is 1. The van der Waals surface area contributed by atoms with Gasteiger partial charge in [0.05, 0.1) is 0 Å². The molecule has 0 aromatic carbocycles. The minimum absolute atomic E-state index is 0.833. The molecule has 0 rings (SSSR count). The van der Waals surface area contributed by atoms with Gasteiger partial charge in [-0.05, 0) is 14.1 Å². The van der Waals surface area contributed by atoms with Crippen molar-refractivity contribution in [2.24, 2.45) is 0 Å². The van der Waals surface area contributed by atoms with Crippen LogP contribution in [0, 0.1) is 0 Å². The summed E-state index contributed by atoms with van der Waals surface area (Å²) in [6, 6.07) is 0. The number of rotatable bonds is 2. The first-order chi connectivity index (χ1) is 4.18. The predicted molar refractivity (Wildman–Crippen MR) is 36.0 cm³/mol. The normalized spacial score (nSPS) is 6.89. The number of nitrogens with one attached hydrogen (secondary N) is 2. The van der Waals surface area contributed by atoms with Gasteiger partial charge >= 0.3 is 5.97 Å². The molecule has 4 nitrogen and oxygen atoms in total. The summed E-state index contributed by atoms with van der Waals surface area (Å²) < 4.78 is 0. The van der Waals surface area contributed by atoms with Gasteiger partial charge in [-0.25, -0.2) is 4.79 Å². The second kappa shape index (κ2) is 10.2. The molecule has 0 spiro atoms. The zero-order valence-corrected chi connectivity index (χ0v) is 5.64. The number of aliphatic carboxylic acids is 1. The smallest absolute Gasteiger partial charge is 0.327 e. The van der Waals surface area contributed by atoms with Crippen LogP contribution in [0.1, 0.15) is 0 Å². The summed E-state index contributed by atoms with van der Waals surface area (Å²) in [5.74, 6) is -0.981. The van der Waals surface area contributed by atoms with Gasteiger partial charge in [-0.15, -0.1) is 0 Å². The molecule has 0 aromatic heterocycles. The van der Waals surface area contributed by atoms with Gasteiger partial charge in [-0.1, -0.05) is 6.58 Å². The molecule has 0 bridgehead atoms. The van der Waals surface area contributed by atoms with E-state index in [9.17, 15) is 4.79 Å². The van der Waals surface area contributed by atoms with Gasteiger partial charge in [0.2, 0.25) is 0 Å². The van der Waals surface area contributed by atoms with Crippen LogP contribution < -0.4 is 10.9 Å². The lowest BCUT2D eigenvalue weighted by Gasteiger charge is -1.81. The largest absolute Gasteiger partial charge is 0.478 e. The zero-order chi connectivity index (χ0) is 7.70. The van der Waals surface area contributed by atoms with Crippen LogP contribution in [0.25, 0.3) is 0 Å². The maximum Gasteiger partial charge on any atom is 0.327 e. The first-order valence-electron chi connectivity index (χ1n) is 2.37. The summed E-state index contributed by atoms with van der Waals surface area (Å²) in [7, 11) is 3.64. The molecule has 0 aromatic rings. The molecule has 3 N–H and O–H groups in total. The van der Waals surface area contributed by atoms with Crippen molar-refractivity contribution in [3.05, 3.63) is 12.7 Å². The highest BCUT2D eigenvalue weighted by Crippen LogP contribution is 1.54. The van der Waals surface area contributed by atoms with Crippen molar-refractivity contribution in [2.45, 2.75) is 0 Å². The molecule has 54 valence electrons. The van der Waals surface area contributed by atoms with Crippen LogP contribution in [0.5, 0.6) is 0 Å². The summed E-state index contributed by atoms with van der Waals surface area (Å²) in [6.07, 6.45) is 0.833. The Kier molecular flexibility index (Phi) is 12.4. The van der Waals surface area contributed by atoms with Crippen molar-refractivity contribution in [3.8, 4) is 0 Å². The van der Waals surface area contributed by atoms with E-state index in [2.05, 4.69) is 17.4 Å². The minimum Gasteiger partial charge on any atom is -0.478 e. The molecular formula is C5H12N2O2. The standard InChI is InChI=1S/C3H4O2.C2H8N2/c1-2-3(4)5;1-3-4-2/h2H,1H2,(H,4,5);3-4H,1-2H3. The van der Waals surface area contributed by atoms with E-state index in [-0.39, 0.29) is 0 Å².